The van der Waals surface area contributed by atoms with Gasteiger partial charge in [-0.3, -0.25) is 4.90 Å². The van der Waals surface area contributed by atoms with E-state index >= 15 is 0 Å². The smallest absolute Gasteiger partial charge is 0.272 e. The molecular weight excluding hydrogens is 190 g/mol. The summed E-state index contributed by atoms with van der Waals surface area (Å²) in [6.07, 6.45) is 0.137. The SMILES string of the molecule is CC(C)OCCN(C)CC(F)(F)CN. The average Bonchev–Trinajstić information content (AvgIpc) is 2.02. The first kappa shape index (κ1) is 13.7. The number of rotatable bonds is 7. The Morgan fingerprint density at radius 2 is 2.00 bits per heavy atom. The molecule has 0 aromatic carbocycles. The van der Waals surface area contributed by atoms with Crippen LogP contribution in [0.15, 0.2) is 0 Å². The number of halogens is 2. The molecule has 0 aromatic rings. The van der Waals surface area contributed by atoms with Crippen molar-refractivity contribution >= 4 is 0 Å². The van der Waals surface area contributed by atoms with Gasteiger partial charge in [0.15, 0.2) is 0 Å². The summed E-state index contributed by atoms with van der Waals surface area (Å²) in [7, 11) is 1.63. The molecular formula is C9H20F2N2O. The van der Waals surface area contributed by atoms with E-state index in [1.165, 1.54) is 4.90 Å². The molecule has 5 heteroatoms. The summed E-state index contributed by atoms with van der Waals surface area (Å²) in [5, 5.41) is 0. The van der Waals surface area contributed by atoms with Gasteiger partial charge in [-0.1, -0.05) is 0 Å². The third-order valence-corrected chi connectivity index (χ3v) is 1.72. The quantitative estimate of drug-likeness (QED) is 0.679. The van der Waals surface area contributed by atoms with Gasteiger partial charge in [0.05, 0.1) is 25.8 Å². The number of likely N-dealkylation sites (N-methyl/N-ethyl adjacent to an activating group) is 1. The second-order valence-corrected chi connectivity index (χ2v) is 3.72. The highest BCUT2D eigenvalue weighted by atomic mass is 19.3. The number of alkyl halides is 2. The van der Waals surface area contributed by atoms with Gasteiger partial charge >= 0.3 is 0 Å². The van der Waals surface area contributed by atoms with Crippen LogP contribution in [0.2, 0.25) is 0 Å². The van der Waals surface area contributed by atoms with Crippen LogP contribution in [0.25, 0.3) is 0 Å². The van der Waals surface area contributed by atoms with Crippen LogP contribution in [0.3, 0.4) is 0 Å². The second-order valence-electron chi connectivity index (χ2n) is 3.72. The molecule has 0 radical (unpaired) electrons. The Hall–Kier alpha value is -0.260. The summed E-state index contributed by atoms with van der Waals surface area (Å²) < 4.78 is 30.8. The minimum Gasteiger partial charge on any atom is -0.377 e. The lowest BCUT2D eigenvalue weighted by Crippen LogP contribution is -2.41. The van der Waals surface area contributed by atoms with Crippen molar-refractivity contribution in [1.29, 1.82) is 0 Å². The Morgan fingerprint density at radius 1 is 1.43 bits per heavy atom. The molecule has 0 bridgehead atoms. The predicted octanol–water partition coefficient (Wildman–Crippen LogP) is 0.937. The Balaban J connectivity index is 3.60. The Kier molecular flexibility index (Phi) is 6.15. The van der Waals surface area contributed by atoms with Crippen LogP contribution in [-0.4, -0.2) is 50.2 Å². The van der Waals surface area contributed by atoms with Crippen LogP contribution in [0.4, 0.5) is 8.78 Å². The number of hydrogen-bond donors (Lipinski definition) is 1. The zero-order valence-corrected chi connectivity index (χ0v) is 9.09. The maximum atomic E-state index is 12.8. The summed E-state index contributed by atoms with van der Waals surface area (Å²) in [6, 6.07) is 0. The largest absolute Gasteiger partial charge is 0.377 e. The van der Waals surface area contributed by atoms with Gasteiger partial charge in [-0.15, -0.1) is 0 Å². The highest BCUT2D eigenvalue weighted by Crippen LogP contribution is 2.11. The molecule has 0 unspecified atom stereocenters. The standard InChI is InChI=1S/C9H20F2N2O/c1-8(2)14-5-4-13(3)7-9(10,11)6-12/h8H,4-7,12H2,1-3H3. The van der Waals surface area contributed by atoms with Crippen molar-refractivity contribution in [3.05, 3.63) is 0 Å². The van der Waals surface area contributed by atoms with Crippen molar-refractivity contribution in [1.82, 2.24) is 4.90 Å². The second kappa shape index (κ2) is 6.27. The van der Waals surface area contributed by atoms with Gasteiger partial charge in [-0.2, -0.15) is 0 Å². The van der Waals surface area contributed by atoms with E-state index in [4.69, 9.17) is 10.5 Å². The predicted molar refractivity (Wildman–Crippen MR) is 52.6 cm³/mol. The van der Waals surface area contributed by atoms with Crippen LogP contribution in [0, 0.1) is 0 Å². The lowest BCUT2D eigenvalue weighted by atomic mass is 10.3. The highest BCUT2D eigenvalue weighted by molar-refractivity contribution is 4.70. The Bertz CT molecular complexity index is 154. The summed E-state index contributed by atoms with van der Waals surface area (Å²) in [5.41, 5.74) is 4.92. The summed E-state index contributed by atoms with van der Waals surface area (Å²) in [4.78, 5) is 1.52. The van der Waals surface area contributed by atoms with Crippen LogP contribution in [0.5, 0.6) is 0 Å². The van der Waals surface area contributed by atoms with Crippen molar-refractivity contribution in [2.24, 2.45) is 5.73 Å². The zero-order valence-electron chi connectivity index (χ0n) is 9.09. The molecule has 14 heavy (non-hydrogen) atoms. The molecule has 0 aromatic heterocycles. The van der Waals surface area contributed by atoms with E-state index < -0.39 is 12.5 Å². The fourth-order valence-corrected chi connectivity index (χ4v) is 0.983. The molecule has 0 aliphatic carbocycles. The minimum absolute atomic E-state index is 0.137. The number of ether oxygens (including phenoxy) is 1. The fourth-order valence-electron chi connectivity index (χ4n) is 0.983. The van der Waals surface area contributed by atoms with Crippen LogP contribution in [0.1, 0.15) is 13.8 Å². The molecule has 0 spiro atoms. The summed E-state index contributed by atoms with van der Waals surface area (Å²) in [5.74, 6) is -2.80. The van der Waals surface area contributed by atoms with Crippen molar-refractivity contribution in [3.63, 3.8) is 0 Å². The van der Waals surface area contributed by atoms with Gasteiger partial charge < -0.3 is 10.5 Å². The van der Waals surface area contributed by atoms with E-state index in [9.17, 15) is 8.78 Å². The molecule has 0 aliphatic rings. The minimum atomic E-state index is -2.80. The number of hydrogen-bond acceptors (Lipinski definition) is 3. The van der Waals surface area contributed by atoms with E-state index in [2.05, 4.69) is 0 Å². The molecule has 0 aliphatic heterocycles. The molecule has 0 rings (SSSR count). The van der Waals surface area contributed by atoms with Gasteiger partial charge in [-0.05, 0) is 20.9 Å². The van der Waals surface area contributed by atoms with E-state index in [-0.39, 0.29) is 12.6 Å². The first-order chi connectivity index (χ1) is 6.37. The topological polar surface area (TPSA) is 38.5 Å². The Labute approximate surface area is 84.2 Å². The van der Waals surface area contributed by atoms with E-state index in [1.54, 1.807) is 7.05 Å². The molecule has 86 valence electrons. The van der Waals surface area contributed by atoms with Crippen LogP contribution >= 0.6 is 0 Å². The number of nitrogens with two attached hydrogens (primary N) is 1. The van der Waals surface area contributed by atoms with E-state index in [1.807, 2.05) is 13.8 Å². The maximum Gasteiger partial charge on any atom is 0.272 e. The van der Waals surface area contributed by atoms with Gasteiger partial charge in [0.25, 0.3) is 5.92 Å². The molecule has 0 heterocycles. The molecule has 0 atom stereocenters. The van der Waals surface area contributed by atoms with Crippen molar-refractivity contribution < 1.29 is 13.5 Å². The average molecular weight is 210 g/mol. The van der Waals surface area contributed by atoms with Crippen molar-refractivity contribution in [2.45, 2.75) is 25.9 Å². The monoisotopic (exact) mass is 210 g/mol. The van der Waals surface area contributed by atoms with E-state index in [0.29, 0.717) is 13.2 Å². The van der Waals surface area contributed by atoms with Crippen LogP contribution in [-0.2, 0) is 4.74 Å². The maximum absolute atomic E-state index is 12.8. The number of nitrogens with zero attached hydrogens (tertiary/aromatic N) is 1. The van der Waals surface area contributed by atoms with E-state index in [0.717, 1.165) is 0 Å². The van der Waals surface area contributed by atoms with Crippen molar-refractivity contribution in [2.75, 3.05) is 33.3 Å². The van der Waals surface area contributed by atoms with Gasteiger partial charge in [0.1, 0.15) is 0 Å². The third-order valence-electron chi connectivity index (χ3n) is 1.72. The lowest BCUT2D eigenvalue weighted by molar-refractivity contribution is -0.0254. The van der Waals surface area contributed by atoms with Crippen LogP contribution < -0.4 is 5.73 Å². The summed E-state index contributed by atoms with van der Waals surface area (Å²) in [6.45, 7) is 3.86. The third kappa shape index (κ3) is 7.17. The Morgan fingerprint density at radius 3 is 2.43 bits per heavy atom. The zero-order chi connectivity index (χ0) is 11.2. The molecule has 2 N–H and O–H groups in total. The van der Waals surface area contributed by atoms with Gasteiger partial charge in [-0.25, -0.2) is 8.78 Å². The van der Waals surface area contributed by atoms with Crippen molar-refractivity contribution in [3.8, 4) is 0 Å². The normalized spacial score (nSPS) is 12.9. The molecule has 0 saturated heterocycles. The van der Waals surface area contributed by atoms with Gasteiger partial charge in [0, 0.05) is 6.54 Å². The van der Waals surface area contributed by atoms with Gasteiger partial charge in [0.2, 0.25) is 0 Å². The molecule has 0 fully saturated rings. The summed E-state index contributed by atoms with van der Waals surface area (Å²) >= 11 is 0. The first-order valence-electron chi connectivity index (χ1n) is 4.75. The molecule has 3 nitrogen and oxygen atoms in total. The lowest BCUT2D eigenvalue weighted by Gasteiger charge is -2.22. The highest BCUT2D eigenvalue weighted by Gasteiger charge is 2.28. The first-order valence-corrected chi connectivity index (χ1v) is 4.75. The fraction of sp³-hybridized carbons (Fsp3) is 1.00. The molecule has 0 amide bonds. The molecule has 0 saturated carbocycles.